The fourth-order valence-corrected chi connectivity index (χ4v) is 4.95. The van der Waals surface area contributed by atoms with Crippen LogP contribution in [0.3, 0.4) is 0 Å². The first-order valence-electron chi connectivity index (χ1n) is 7.90. The summed E-state index contributed by atoms with van der Waals surface area (Å²) in [7, 11) is -6.38. The highest BCUT2D eigenvalue weighted by molar-refractivity contribution is 7.89. The summed E-state index contributed by atoms with van der Waals surface area (Å²) in [6.45, 7) is 1.55. The van der Waals surface area contributed by atoms with Crippen LogP contribution in [0.1, 0.15) is 26.2 Å². The molecule has 0 unspecified atom stereocenters. The number of nitrogens with one attached hydrogen (secondary N) is 1. The van der Waals surface area contributed by atoms with E-state index < -0.39 is 32.6 Å². The van der Waals surface area contributed by atoms with Crippen LogP contribution in [0.5, 0.6) is 0 Å². The number of hydrogen-bond acceptors (Lipinski definition) is 6. The van der Waals surface area contributed by atoms with E-state index >= 15 is 0 Å². The number of carbonyl (C=O) groups excluding carboxylic acids is 1. The van der Waals surface area contributed by atoms with E-state index in [1.165, 1.54) is 31.4 Å². The van der Waals surface area contributed by atoms with Crippen LogP contribution < -0.4 is 4.72 Å². The summed E-state index contributed by atoms with van der Waals surface area (Å²) >= 11 is 0. The van der Waals surface area contributed by atoms with E-state index in [1.54, 1.807) is 6.92 Å². The van der Waals surface area contributed by atoms with Crippen molar-refractivity contribution in [3.05, 3.63) is 24.3 Å². The molecule has 0 radical (unpaired) electrons. The highest BCUT2D eigenvalue weighted by Crippen LogP contribution is 2.23. The first-order chi connectivity index (χ1) is 11.7. The Morgan fingerprint density at radius 3 is 2.20 bits per heavy atom. The van der Waals surface area contributed by atoms with Gasteiger partial charge in [-0.15, -0.1) is 0 Å². The van der Waals surface area contributed by atoms with Crippen molar-refractivity contribution >= 4 is 26.0 Å². The molecule has 8 nitrogen and oxygen atoms in total. The summed E-state index contributed by atoms with van der Waals surface area (Å²) in [5.41, 5.74) is 0. The predicted molar refractivity (Wildman–Crippen MR) is 90.9 cm³/mol. The van der Waals surface area contributed by atoms with E-state index in [2.05, 4.69) is 9.46 Å². The van der Waals surface area contributed by atoms with Gasteiger partial charge in [-0.25, -0.2) is 21.6 Å². The second-order valence-electron chi connectivity index (χ2n) is 5.78. The smallest absolute Gasteiger partial charge is 0.321 e. The third-order valence-corrected chi connectivity index (χ3v) is 7.07. The van der Waals surface area contributed by atoms with Crippen LogP contribution in [0.4, 0.5) is 0 Å². The van der Waals surface area contributed by atoms with Crippen molar-refractivity contribution in [1.82, 2.24) is 9.03 Å². The van der Waals surface area contributed by atoms with Crippen molar-refractivity contribution in [1.29, 1.82) is 0 Å². The predicted octanol–water partition coefficient (Wildman–Crippen LogP) is 0.701. The maximum Gasteiger partial charge on any atom is 0.321 e. The molecule has 140 valence electrons. The van der Waals surface area contributed by atoms with Gasteiger partial charge in [-0.3, -0.25) is 4.79 Å². The average Bonchev–Trinajstić information content (AvgIpc) is 3.37. The fraction of sp³-hybridized carbons (Fsp3) is 0.533. The Labute approximate surface area is 148 Å². The third kappa shape index (κ3) is 5.00. The van der Waals surface area contributed by atoms with E-state index in [0.29, 0.717) is 6.42 Å². The number of rotatable bonds is 9. The minimum Gasteiger partial charge on any atom is -0.468 e. The lowest BCUT2D eigenvalue weighted by atomic mass is 10.4. The molecule has 1 aromatic carbocycles. The molecule has 10 heteroatoms. The summed E-state index contributed by atoms with van der Waals surface area (Å²) in [4.78, 5) is 11.4. The van der Waals surface area contributed by atoms with Crippen LogP contribution in [0, 0.1) is 0 Å². The van der Waals surface area contributed by atoms with Crippen molar-refractivity contribution in [3.63, 3.8) is 0 Å². The topological polar surface area (TPSA) is 110 Å². The number of benzene rings is 1. The highest BCUT2D eigenvalue weighted by Gasteiger charge is 2.29. The minimum atomic E-state index is -3.92. The molecule has 25 heavy (non-hydrogen) atoms. The van der Waals surface area contributed by atoms with Gasteiger partial charge in [0.15, 0.2) is 0 Å². The Morgan fingerprint density at radius 2 is 1.72 bits per heavy atom. The third-order valence-electron chi connectivity index (χ3n) is 3.68. The summed E-state index contributed by atoms with van der Waals surface area (Å²) in [6, 6.07) is 4.93. The number of sulfonamides is 2. The summed E-state index contributed by atoms with van der Waals surface area (Å²) < 4.78 is 57.7. The van der Waals surface area contributed by atoms with E-state index in [1.807, 2.05) is 0 Å². The molecule has 1 fully saturated rings. The first-order valence-corrected chi connectivity index (χ1v) is 10.8. The standard InChI is InChI=1S/C15H22N2O6S2/c1-3-10-17(11-15(18)23-2)25(21,22)14-8-6-13(7-9-14)24(19,20)16-12-4-5-12/h6-9,12,16H,3-5,10-11H2,1-2H3. The second kappa shape index (κ2) is 7.81. The lowest BCUT2D eigenvalue weighted by Crippen LogP contribution is -2.36. The molecule has 0 bridgehead atoms. The molecule has 0 amide bonds. The molecule has 0 aromatic heterocycles. The van der Waals surface area contributed by atoms with Gasteiger partial charge in [-0.05, 0) is 43.5 Å². The van der Waals surface area contributed by atoms with Gasteiger partial charge in [-0.1, -0.05) is 6.92 Å². The van der Waals surface area contributed by atoms with Gasteiger partial charge in [0.05, 0.1) is 16.9 Å². The summed E-state index contributed by atoms with van der Waals surface area (Å²) in [5.74, 6) is -0.662. The first kappa shape index (κ1) is 19.8. The Balaban J connectivity index is 2.24. The van der Waals surface area contributed by atoms with E-state index in [0.717, 1.165) is 17.1 Å². The molecule has 0 aliphatic heterocycles. The fourth-order valence-electron chi connectivity index (χ4n) is 2.17. The largest absolute Gasteiger partial charge is 0.468 e. The molecule has 1 aliphatic rings. The van der Waals surface area contributed by atoms with Gasteiger partial charge in [-0.2, -0.15) is 4.31 Å². The van der Waals surface area contributed by atoms with Crippen LogP contribution >= 0.6 is 0 Å². The minimum absolute atomic E-state index is 0.00774. The van der Waals surface area contributed by atoms with Crippen LogP contribution in [-0.4, -0.2) is 53.4 Å². The second-order valence-corrected chi connectivity index (χ2v) is 9.43. The number of carbonyl (C=O) groups is 1. The van der Waals surface area contributed by atoms with Crippen molar-refractivity contribution in [2.75, 3.05) is 20.2 Å². The van der Waals surface area contributed by atoms with Crippen molar-refractivity contribution < 1.29 is 26.4 Å². The molecule has 0 spiro atoms. The molecule has 0 saturated heterocycles. The zero-order valence-corrected chi connectivity index (χ0v) is 15.8. The molecule has 1 aliphatic carbocycles. The normalized spacial score (nSPS) is 15.3. The maximum atomic E-state index is 12.7. The zero-order valence-electron chi connectivity index (χ0n) is 14.1. The molecule has 1 N–H and O–H groups in total. The molecule has 2 rings (SSSR count). The Morgan fingerprint density at radius 1 is 1.16 bits per heavy atom. The SMILES string of the molecule is CCCN(CC(=O)OC)S(=O)(=O)c1ccc(S(=O)(=O)NC2CC2)cc1. The van der Waals surface area contributed by atoms with Gasteiger partial charge >= 0.3 is 5.97 Å². The molecule has 0 atom stereocenters. The lowest BCUT2D eigenvalue weighted by Gasteiger charge is -2.20. The van der Waals surface area contributed by atoms with E-state index in [4.69, 9.17) is 0 Å². The van der Waals surface area contributed by atoms with Crippen molar-refractivity contribution in [2.24, 2.45) is 0 Å². The number of ether oxygens (including phenoxy) is 1. The monoisotopic (exact) mass is 390 g/mol. The van der Waals surface area contributed by atoms with Gasteiger partial charge < -0.3 is 4.74 Å². The van der Waals surface area contributed by atoms with Gasteiger partial charge in [0, 0.05) is 12.6 Å². The Bertz CT molecular complexity index is 814. The zero-order chi connectivity index (χ0) is 18.7. The maximum absolute atomic E-state index is 12.7. The van der Waals surface area contributed by atoms with Crippen molar-refractivity contribution in [3.8, 4) is 0 Å². The molecule has 1 aromatic rings. The van der Waals surface area contributed by atoms with E-state index in [9.17, 15) is 21.6 Å². The molecule has 1 saturated carbocycles. The Kier molecular flexibility index (Phi) is 6.20. The lowest BCUT2D eigenvalue weighted by molar-refractivity contribution is -0.140. The van der Waals surface area contributed by atoms with E-state index in [-0.39, 0.29) is 22.4 Å². The molecular weight excluding hydrogens is 368 g/mol. The molecular formula is C15H22N2O6S2. The average molecular weight is 390 g/mol. The Hall–Kier alpha value is -1.49. The number of nitrogens with zero attached hydrogens (tertiary/aromatic N) is 1. The molecule has 0 heterocycles. The van der Waals surface area contributed by atoms with Gasteiger partial charge in [0.25, 0.3) is 0 Å². The van der Waals surface area contributed by atoms with Crippen LogP contribution in [0.2, 0.25) is 0 Å². The summed E-state index contributed by atoms with van der Waals surface area (Å²) in [6.07, 6.45) is 2.14. The van der Waals surface area contributed by atoms with Crippen LogP contribution in [0.15, 0.2) is 34.1 Å². The highest BCUT2D eigenvalue weighted by atomic mass is 32.2. The number of methoxy groups -OCH3 is 1. The van der Waals surface area contributed by atoms with Crippen molar-refractivity contribution in [2.45, 2.75) is 42.0 Å². The van der Waals surface area contributed by atoms with Gasteiger partial charge in [0.1, 0.15) is 6.54 Å². The van der Waals surface area contributed by atoms with Crippen LogP contribution in [-0.2, 0) is 29.6 Å². The summed E-state index contributed by atoms with van der Waals surface area (Å²) in [5, 5.41) is 0. The van der Waals surface area contributed by atoms with Crippen LogP contribution in [0.25, 0.3) is 0 Å². The number of esters is 1. The van der Waals surface area contributed by atoms with Gasteiger partial charge in [0.2, 0.25) is 20.0 Å². The number of hydrogen-bond donors (Lipinski definition) is 1. The quantitative estimate of drug-likeness (QED) is 0.622.